The summed E-state index contributed by atoms with van der Waals surface area (Å²) in [4.78, 5) is 12.0. The van der Waals surface area contributed by atoms with Crippen molar-refractivity contribution in [3.8, 4) is 17.0 Å². The van der Waals surface area contributed by atoms with E-state index in [9.17, 15) is 4.79 Å². The van der Waals surface area contributed by atoms with Crippen LogP contribution in [0.25, 0.3) is 11.3 Å². The van der Waals surface area contributed by atoms with Crippen LogP contribution in [-0.2, 0) is 39.8 Å². The van der Waals surface area contributed by atoms with Crippen molar-refractivity contribution in [2.45, 2.75) is 6.92 Å². The van der Waals surface area contributed by atoms with Gasteiger partial charge in [0.15, 0.2) is 0 Å². The number of ether oxygens (including phenoxy) is 1. The van der Waals surface area contributed by atoms with Crippen molar-refractivity contribution in [2.24, 2.45) is 7.05 Å². The van der Waals surface area contributed by atoms with Gasteiger partial charge in [-0.15, -0.1) is 40.4 Å². The van der Waals surface area contributed by atoms with E-state index in [-0.39, 0.29) is 38.3 Å². The van der Waals surface area contributed by atoms with Gasteiger partial charge in [-0.25, -0.2) is 0 Å². The van der Waals surface area contributed by atoms with E-state index in [2.05, 4.69) is 6.07 Å². The third-order valence-electron chi connectivity index (χ3n) is 2.98. The van der Waals surface area contributed by atoms with Crippen LogP contribution >= 0.6 is 34.4 Å². The molecule has 2 rings (SSSR count). The van der Waals surface area contributed by atoms with Gasteiger partial charge in [-0.05, 0) is 22.0 Å². The van der Waals surface area contributed by atoms with E-state index in [1.165, 1.54) is 0 Å². The fourth-order valence-electron chi connectivity index (χ4n) is 1.93. The van der Waals surface area contributed by atoms with Gasteiger partial charge in [0.05, 0.1) is 0 Å². The van der Waals surface area contributed by atoms with E-state index in [0.29, 0.717) is 9.51 Å². The molecular weight excluding hydrogens is 474 g/mol. The zero-order chi connectivity index (χ0) is 14.7. The van der Waals surface area contributed by atoms with Gasteiger partial charge in [-0.3, -0.25) is 4.79 Å². The molecule has 21 heavy (non-hydrogen) atoms. The molecule has 0 aliphatic rings. The number of benzene rings is 1. The number of pyridine rings is 1. The second-order valence-corrected chi connectivity index (χ2v) is 6.35. The quantitative estimate of drug-likeness (QED) is 0.375. The molecule has 0 amide bonds. The minimum Gasteiger partial charge on any atom is -0.483 e. The van der Waals surface area contributed by atoms with Gasteiger partial charge in [-0.1, -0.05) is 23.7 Å². The summed E-state index contributed by atoms with van der Waals surface area (Å²) in [7, 11) is 1.77. The maximum Gasteiger partial charge on any atom is 0.207 e. The Hall–Kier alpha value is 0.154. The molecule has 109 valence electrons. The van der Waals surface area contributed by atoms with E-state index in [1.54, 1.807) is 29.4 Å². The summed E-state index contributed by atoms with van der Waals surface area (Å²) < 4.78 is 7.89. The van der Waals surface area contributed by atoms with Crippen LogP contribution in [0.4, 0.5) is 0 Å². The number of halogens is 1. The van der Waals surface area contributed by atoms with Crippen LogP contribution in [0.5, 0.6) is 5.75 Å². The normalized spacial score (nSPS) is 10.1. The topological polar surface area (TPSA) is 31.2 Å². The van der Waals surface area contributed by atoms with Crippen LogP contribution in [0.1, 0.15) is 5.56 Å². The Morgan fingerprint density at radius 3 is 2.76 bits per heavy atom. The predicted molar refractivity (Wildman–Crippen MR) is 92.4 cm³/mol. The van der Waals surface area contributed by atoms with Gasteiger partial charge in [0.1, 0.15) is 11.7 Å². The molecule has 1 radical (unpaired) electrons. The van der Waals surface area contributed by atoms with Crippen molar-refractivity contribution >= 4 is 34.4 Å². The fourth-order valence-corrected chi connectivity index (χ4v) is 2.70. The van der Waals surface area contributed by atoms with Crippen LogP contribution in [-0.4, -0.2) is 16.8 Å². The number of rotatable bonds is 4. The van der Waals surface area contributed by atoms with Gasteiger partial charge >= 0.3 is 0 Å². The Morgan fingerprint density at radius 1 is 1.43 bits per heavy atom. The summed E-state index contributed by atoms with van der Waals surface area (Å²) in [6.45, 7) is 2.01. The minimum atomic E-state index is 0. The molecule has 0 fully saturated rings. The summed E-state index contributed by atoms with van der Waals surface area (Å²) in [5.41, 5.74) is 2.86. The zero-order valence-electron chi connectivity index (χ0n) is 12.1. The number of nitrogens with zero attached hydrogens (tertiary/aromatic N) is 1. The third kappa shape index (κ3) is 4.56. The van der Waals surface area contributed by atoms with Gasteiger partial charge < -0.3 is 9.30 Å². The molecule has 1 aromatic heterocycles. The number of thioether (sulfide) groups is 1. The maximum atomic E-state index is 12.0. The third-order valence-corrected chi connectivity index (χ3v) is 4.10. The van der Waals surface area contributed by atoms with Crippen molar-refractivity contribution in [1.29, 1.82) is 0 Å². The average molecular weight is 489 g/mol. The molecule has 0 aliphatic carbocycles. The van der Waals surface area contributed by atoms with Crippen LogP contribution in [0.15, 0.2) is 29.1 Å². The van der Waals surface area contributed by atoms with Gasteiger partial charge in [0.2, 0.25) is 5.56 Å². The Labute approximate surface area is 167 Å². The second kappa shape index (κ2) is 8.70. The summed E-state index contributed by atoms with van der Waals surface area (Å²) in [5.74, 6) is 1.48. The summed E-state index contributed by atoms with van der Waals surface area (Å²) in [6, 6.07) is 10.8. The Morgan fingerprint density at radius 2 is 2.14 bits per heavy atom. The monoisotopic (exact) mass is 489 g/mol. The molecule has 0 spiro atoms. The first kappa shape index (κ1) is 19.2. The summed E-state index contributed by atoms with van der Waals surface area (Å²) >= 11 is 3.66. The van der Waals surface area contributed by atoms with Crippen LogP contribution in [0.2, 0.25) is 0 Å². The van der Waals surface area contributed by atoms with Crippen molar-refractivity contribution in [2.75, 3.05) is 12.2 Å². The smallest absolute Gasteiger partial charge is 0.207 e. The molecule has 0 N–H and O–H groups in total. The number of aromatic nitrogens is 1. The van der Waals surface area contributed by atoms with E-state index in [4.69, 9.17) is 4.74 Å². The van der Waals surface area contributed by atoms with Gasteiger partial charge in [0, 0.05) is 39.8 Å². The van der Waals surface area contributed by atoms with Crippen LogP contribution in [0, 0.1) is 16.6 Å². The predicted octanol–water partition coefficient (Wildman–Crippen LogP) is 3.46. The number of hydrogen-bond donors (Lipinski definition) is 0. The Bertz CT molecular complexity index is 688. The van der Waals surface area contributed by atoms with E-state index in [1.807, 2.05) is 54.0 Å². The molecule has 0 unspecified atom stereocenters. The van der Waals surface area contributed by atoms with Crippen LogP contribution in [0.3, 0.4) is 0 Å². The van der Waals surface area contributed by atoms with E-state index in [0.717, 1.165) is 22.6 Å². The zero-order valence-corrected chi connectivity index (χ0v) is 18.0. The van der Waals surface area contributed by atoms with Crippen LogP contribution < -0.4 is 10.3 Å². The first-order chi connectivity index (χ1) is 9.54. The Kier molecular flexibility index (Phi) is 7.95. The van der Waals surface area contributed by atoms with Crippen molar-refractivity contribution < 1.29 is 37.4 Å². The molecule has 1 aromatic carbocycles. The second-order valence-electron chi connectivity index (χ2n) is 4.38. The maximum absolute atomic E-state index is 12.0. The average Bonchev–Trinajstić information content (AvgIpc) is 2.44. The Balaban J connectivity index is 0.00000220. The summed E-state index contributed by atoms with van der Waals surface area (Å²) in [6.07, 6.45) is 2.00. The molecule has 0 saturated carbocycles. The minimum absolute atomic E-state index is 0. The molecule has 0 saturated heterocycles. The first-order valence-corrected chi connectivity index (χ1v) is 8.52. The van der Waals surface area contributed by atoms with Gasteiger partial charge in [0.25, 0.3) is 0 Å². The molecule has 3 nitrogen and oxygen atoms in total. The standard InChI is InChI=1S/C15H15INO2S.Y/c1-10-8-11(19-9-20-3)4-5-12(10)14-7-6-13(16)15(18)17(14)2;/h4-6,8H,9H2,1-3H3;/q-1;. The molecule has 6 heteroatoms. The molecule has 0 bridgehead atoms. The van der Waals surface area contributed by atoms with Crippen molar-refractivity contribution in [1.82, 2.24) is 4.57 Å². The SMILES string of the molecule is CSCOc1ccc(-c2[c-]cc(I)c(=O)n2C)c(C)c1.[Y]. The number of aryl methyl sites for hydroxylation is 1. The fraction of sp³-hybridized carbons (Fsp3) is 0.267. The molecule has 2 aromatic rings. The molecule has 1 heterocycles. The van der Waals surface area contributed by atoms with Gasteiger partial charge in [-0.2, -0.15) is 12.1 Å². The van der Waals surface area contributed by atoms with Crippen molar-refractivity contribution in [3.63, 3.8) is 0 Å². The van der Waals surface area contributed by atoms with Crippen molar-refractivity contribution in [3.05, 3.63) is 49.8 Å². The molecule has 0 aliphatic heterocycles. The molecule has 0 atom stereocenters. The first-order valence-electron chi connectivity index (χ1n) is 6.04. The number of hydrogen-bond acceptors (Lipinski definition) is 3. The van der Waals surface area contributed by atoms with E-state index >= 15 is 0 Å². The summed E-state index contributed by atoms with van der Waals surface area (Å²) in [5, 5.41) is 0. The molecular formula is C15H15INO2SY-. The van der Waals surface area contributed by atoms with E-state index < -0.39 is 0 Å². The largest absolute Gasteiger partial charge is 0.483 e.